The molecule has 0 aromatic carbocycles. The van der Waals surface area contributed by atoms with Gasteiger partial charge in [-0.1, -0.05) is 13.8 Å². The Labute approximate surface area is 86.6 Å². The molecule has 2 heteroatoms. The Morgan fingerprint density at radius 1 is 1.29 bits per heavy atom. The summed E-state index contributed by atoms with van der Waals surface area (Å²) in [5, 5.41) is 10.4. The van der Waals surface area contributed by atoms with Crippen molar-refractivity contribution in [1.29, 1.82) is 0 Å². The van der Waals surface area contributed by atoms with Gasteiger partial charge in [0.1, 0.15) is 0 Å². The Bertz CT molecular complexity index is 188. The summed E-state index contributed by atoms with van der Waals surface area (Å²) in [6, 6.07) is 0. The summed E-state index contributed by atoms with van der Waals surface area (Å²) >= 11 is 0. The third-order valence-corrected chi connectivity index (χ3v) is 3.60. The van der Waals surface area contributed by atoms with Crippen molar-refractivity contribution >= 4 is 0 Å². The van der Waals surface area contributed by atoms with Gasteiger partial charge in [0.25, 0.3) is 0 Å². The number of fused-ring (bicyclic) bond motifs is 2. The number of hydrogen-bond acceptors (Lipinski definition) is 2. The largest absolute Gasteiger partial charge is 0.390 e. The Balaban J connectivity index is 1.89. The van der Waals surface area contributed by atoms with Crippen LogP contribution in [0.4, 0.5) is 0 Å². The molecule has 2 unspecified atom stereocenters. The first kappa shape index (κ1) is 10.4. The molecule has 0 amide bonds. The predicted octanol–water partition coefficient (Wildman–Crippen LogP) is 2.50. The van der Waals surface area contributed by atoms with Crippen LogP contribution in [0, 0.1) is 5.92 Å². The molecular formula is C12H22O2. The smallest absolute Gasteiger partial charge is 0.0697 e. The molecule has 1 N–H and O–H groups in total. The summed E-state index contributed by atoms with van der Waals surface area (Å²) in [7, 11) is 0. The van der Waals surface area contributed by atoms with Crippen molar-refractivity contribution in [3.05, 3.63) is 0 Å². The average molecular weight is 198 g/mol. The first-order valence-electron chi connectivity index (χ1n) is 5.95. The van der Waals surface area contributed by atoms with Crippen LogP contribution in [0.1, 0.15) is 52.4 Å². The minimum atomic E-state index is -0.408. The van der Waals surface area contributed by atoms with Crippen molar-refractivity contribution in [2.24, 2.45) is 5.92 Å². The highest BCUT2D eigenvalue weighted by Gasteiger charge is 2.43. The molecule has 2 heterocycles. The molecule has 14 heavy (non-hydrogen) atoms. The monoisotopic (exact) mass is 198 g/mol. The maximum Gasteiger partial charge on any atom is 0.0697 e. The molecule has 2 nitrogen and oxygen atoms in total. The Hall–Kier alpha value is -0.0800. The molecule has 2 fully saturated rings. The van der Waals surface area contributed by atoms with Crippen LogP contribution in [0.15, 0.2) is 0 Å². The zero-order valence-corrected chi connectivity index (χ0v) is 9.33. The van der Waals surface area contributed by atoms with Crippen molar-refractivity contribution in [1.82, 2.24) is 0 Å². The number of hydrogen-bond donors (Lipinski definition) is 1. The number of ether oxygens (including phenoxy) is 1. The summed E-state index contributed by atoms with van der Waals surface area (Å²) < 4.78 is 5.74. The lowest BCUT2D eigenvalue weighted by atomic mass is 9.84. The van der Waals surface area contributed by atoms with Crippen molar-refractivity contribution in [2.45, 2.75) is 70.2 Å². The Kier molecular flexibility index (Phi) is 2.85. The lowest BCUT2D eigenvalue weighted by Gasteiger charge is -2.37. The lowest BCUT2D eigenvalue weighted by Crippen LogP contribution is -2.41. The molecule has 2 rings (SSSR count). The highest BCUT2D eigenvalue weighted by molar-refractivity contribution is 4.94. The summed E-state index contributed by atoms with van der Waals surface area (Å²) in [5.41, 5.74) is -0.408. The molecule has 0 spiro atoms. The van der Waals surface area contributed by atoms with E-state index < -0.39 is 5.60 Å². The molecule has 2 saturated heterocycles. The molecular weight excluding hydrogens is 176 g/mol. The second-order valence-corrected chi connectivity index (χ2v) is 5.52. The van der Waals surface area contributed by atoms with Crippen molar-refractivity contribution in [3.63, 3.8) is 0 Å². The third-order valence-electron chi connectivity index (χ3n) is 3.60. The Morgan fingerprint density at radius 2 is 1.86 bits per heavy atom. The van der Waals surface area contributed by atoms with Crippen LogP contribution in [0.5, 0.6) is 0 Å². The van der Waals surface area contributed by atoms with Gasteiger partial charge in [-0.15, -0.1) is 0 Å². The second-order valence-electron chi connectivity index (χ2n) is 5.52. The van der Waals surface area contributed by atoms with Gasteiger partial charge in [0.2, 0.25) is 0 Å². The van der Waals surface area contributed by atoms with Crippen LogP contribution in [0.2, 0.25) is 0 Å². The van der Waals surface area contributed by atoms with E-state index in [-0.39, 0.29) is 0 Å². The molecule has 0 aromatic heterocycles. The molecule has 2 aliphatic rings. The number of aliphatic hydroxyl groups is 1. The van der Waals surface area contributed by atoms with Gasteiger partial charge in [-0.2, -0.15) is 0 Å². The third kappa shape index (κ3) is 2.29. The van der Waals surface area contributed by atoms with Crippen LogP contribution < -0.4 is 0 Å². The Morgan fingerprint density at radius 3 is 2.36 bits per heavy atom. The fourth-order valence-corrected chi connectivity index (χ4v) is 2.77. The van der Waals surface area contributed by atoms with E-state index in [2.05, 4.69) is 13.8 Å². The van der Waals surface area contributed by atoms with Crippen molar-refractivity contribution in [2.75, 3.05) is 0 Å². The molecule has 82 valence electrons. The van der Waals surface area contributed by atoms with Crippen molar-refractivity contribution < 1.29 is 9.84 Å². The van der Waals surface area contributed by atoms with Gasteiger partial charge < -0.3 is 9.84 Å². The quantitative estimate of drug-likeness (QED) is 0.755. The molecule has 0 aromatic rings. The zero-order valence-electron chi connectivity index (χ0n) is 9.33. The number of rotatable bonds is 3. The normalized spacial score (nSPS) is 42.0. The van der Waals surface area contributed by atoms with Crippen LogP contribution in [-0.4, -0.2) is 22.9 Å². The lowest BCUT2D eigenvalue weighted by molar-refractivity contribution is -0.115. The summed E-state index contributed by atoms with van der Waals surface area (Å²) in [4.78, 5) is 0. The maximum absolute atomic E-state index is 10.4. The van der Waals surface area contributed by atoms with E-state index in [4.69, 9.17) is 4.74 Å². The van der Waals surface area contributed by atoms with Gasteiger partial charge in [0.15, 0.2) is 0 Å². The first-order valence-corrected chi connectivity index (χ1v) is 5.95. The van der Waals surface area contributed by atoms with E-state index in [0.29, 0.717) is 18.1 Å². The highest BCUT2D eigenvalue weighted by Crippen LogP contribution is 2.40. The van der Waals surface area contributed by atoms with E-state index in [9.17, 15) is 5.11 Å². The predicted molar refractivity (Wildman–Crippen MR) is 56.2 cm³/mol. The molecule has 0 saturated carbocycles. The van der Waals surface area contributed by atoms with Gasteiger partial charge >= 0.3 is 0 Å². The van der Waals surface area contributed by atoms with Gasteiger partial charge in [0.05, 0.1) is 17.8 Å². The molecule has 2 bridgehead atoms. The fourth-order valence-electron chi connectivity index (χ4n) is 2.77. The highest BCUT2D eigenvalue weighted by atomic mass is 16.5. The van der Waals surface area contributed by atoms with Gasteiger partial charge in [-0.3, -0.25) is 0 Å². The standard InChI is InChI=1S/C12H22O2/c1-9(2)5-6-12(13)7-10-3-4-11(8-12)14-10/h9-11,13H,3-8H2,1-2H3. The van der Waals surface area contributed by atoms with Crippen LogP contribution in [0.3, 0.4) is 0 Å². The summed E-state index contributed by atoms with van der Waals surface area (Å²) in [6.45, 7) is 4.44. The first-order chi connectivity index (χ1) is 6.57. The van der Waals surface area contributed by atoms with E-state index >= 15 is 0 Å². The van der Waals surface area contributed by atoms with Gasteiger partial charge in [-0.05, 0) is 31.6 Å². The van der Waals surface area contributed by atoms with Crippen LogP contribution in [-0.2, 0) is 4.74 Å². The molecule has 2 aliphatic heterocycles. The minimum absolute atomic E-state index is 0.353. The van der Waals surface area contributed by atoms with Gasteiger partial charge in [0, 0.05) is 12.8 Å². The van der Waals surface area contributed by atoms with Crippen molar-refractivity contribution in [3.8, 4) is 0 Å². The second kappa shape index (κ2) is 3.82. The van der Waals surface area contributed by atoms with E-state index in [0.717, 1.165) is 38.5 Å². The maximum atomic E-state index is 10.4. The van der Waals surface area contributed by atoms with E-state index in [1.807, 2.05) is 0 Å². The SMILES string of the molecule is CC(C)CCC1(O)CC2CCC(C1)O2. The average Bonchev–Trinajstić information content (AvgIpc) is 2.43. The van der Waals surface area contributed by atoms with E-state index in [1.165, 1.54) is 0 Å². The molecule has 0 radical (unpaired) electrons. The minimum Gasteiger partial charge on any atom is -0.390 e. The van der Waals surface area contributed by atoms with Crippen LogP contribution >= 0.6 is 0 Å². The molecule has 0 aliphatic carbocycles. The molecule has 2 atom stereocenters. The zero-order chi connectivity index (χ0) is 10.2. The topological polar surface area (TPSA) is 29.5 Å². The fraction of sp³-hybridized carbons (Fsp3) is 1.00. The van der Waals surface area contributed by atoms with Gasteiger partial charge in [-0.25, -0.2) is 0 Å². The van der Waals surface area contributed by atoms with Crippen LogP contribution in [0.25, 0.3) is 0 Å². The summed E-state index contributed by atoms with van der Waals surface area (Å²) in [5.74, 6) is 0.694. The van der Waals surface area contributed by atoms with E-state index in [1.54, 1.807) is 0 Å². The summed E-state index contributed by atoms with van der Waals surface area (Å²) in [6.07, 6.45) is 6.86.